The maximum atomic E-state index is 13.4. The largest absolute Gasteiger partial charge is 0.378 e. The number of hydrogen-bond donors (Lipinski definition) is 1. The maximum Gasteiger partial charge on any atom is 0.270 e. The van der Waals surface area contributed by atoms with Gasteiger partial charge < -0.3 is 15.0 Å². The topological polar surface area (TPSA) is 128 Å². The zero-order valence-corrected chi connectivity index (χ0v) is 18.7. The summed E-state index contributed by atoms with van der Waals surface area (Å²) in [6.07, 6.45) is 3.17. The number of non-ortho nitro benzene ring substituents is 1. The SMILES string of the molecule is CC(C)(C)c1cc(NC(=O)c2cc([N+](=O)[O-])ccc2N2CCOCC2)n(-c2ncccn2)n1. The zero-order valence-electron chi connectivity index (χ0n) is 18.7. The molecule has 11 heteroatoms. The smallest absolute Gasteiger partial charge is 0.270 e. The maximum absolute atomic E-state index is 13.4. The molecule has 3 aromatic rings. The van der Waals surface area contributed by atoms with Crippen molar-refractivity contribution in [3.8, 4) is 5.95 Å². The third kappa shape index (κ3) is 4.82. The molecule has 1 saturated heterocycles. The Bertz CT molecular complexity index is 1170. The number of aromatic nitrogens is 4. The van der Waals surface area contributed by atoms with E-state index in [1.165, 1.54) is 16.8 Å². The number of carbonyl (C=O) groups excluding carboxylic acids is 1. The van der Waals surface area contributed by atoms with Gasteiger partial charge in [-0.3, -0.25) is 14.9 Å². The van der Waals surface area contributed by atoms with Crippen LogP contribution in [-0.4, -0.2) is 56.9 Å². The molecule has 1 aliphatic rings. The summed E-state index contributed by atoms with van der Waals surface area (Å²) < 4.78 is 6.87. The molecule has 0 aliphatic carbocycles. The second-order valence-corrected chi connectivity index (χ2v) is 8.64. The molecule has 0 spiro atoms. The van der Waals surface area contributed by atoms with Crippen LogP contribution in [0.3, 0.4) is 0 Å². The van der Waals surface area contributed by atoms with Crippen molar-refractivity contribution in [3.63, 3.8) is 0 Å². The standard InChI is InChI=1S/C22H25N7O4/c1-22(2,3)18-14-19(28(26-18)21-23-7-4-8-24-21)25-20(30)16-13-15(29(31)32)5-6-17(16)27-9-11-33-12-10-27/h4-8,13-14H,9-12H2,1-3H3,(H,25,30). The Kier molecular flexibility index (Phi) is 6.05. The Morgan fingerprint density at radius 3 is 2.48 bits per heavy atom. The van der Waals surface area contributed by atoms with Crippen molar-refractivity contribution < 1.29 is 14.5 Å². The number of morpholine rings is 1. The van der Waals surface area contributed by atoms with E-state index in [0.29, 0.717) is 43.8 Å². The van der Waals surface area contributed by atoms with Crippen LogP contribution in [0.25, 0.3) is 5.95 Å². The van der Waals surface area contributed by atoms with E-state index in [0.717, 1.165) is 5.69 Å². The van der Waals surface area contributed by atoms with Crippen LogP contribution in [0.4, 0.5) is 17.2 Å². The van der Waals surface area contributed by atoms with Crippen LogP contribution in [-0.2, 0) is 10.2 Å². The molecular formula is C22H25N7O4. The van der Waals surface area contributed by atoms with Gasteiger partial charge in [0.15, 0.2) is 0 Å². The van der Waals surface area contributed by atoms with Gasteiger partial charge in [-0.25, -0.2) is 9.97 Å². The van der Waals surface area contributed by atoms with Crippen LogP contribution in [0.5, 0.6) is 0 Å². The number of anilines is 2. The van der Waals surface area contributed by atoms with Gasteiger partial charge in [0.2, 0.25) is 0 Å². The van der Waals surface area contributed by atoms with Crippen molar-refractivity contribution >= 4 is 23.1 Å². The number of nitrogens with one attached hydrogen (secondary N) is 1. The van der Waals surface area contributed by atoms with Crippen LogP contribution in [0.2, 0.25) is 0 Å². The van der Waals surface area contributed by atoms with E-state index in [1.54, 1.807) is 30.6 Å². The summed E-state index contributed by atoms with van der Waals surface area (Å²) >= 11 is 0. The number of nitrogens with zero attached hydrogens (tertiary/aromatic N) is 6. The van der Waals surface area contributed by atoms with Crippen molar-refractivity contribution in [1.29, 1.82) is 0 Å². The summed E-state index contributed by atoms with van der Waals surface area (Å²) in [7, 11) is 0. The van der Waals surface area contributed by atoms with Gasteiger partial charge in [-0.1, -0.05) is 20.8 Å². The lowest BCUT2D eigenvalue weighted by Crippen LogP contribution is -2.37. The molecule has 1 fully saturated rings. The molecule has 0 radical (unpaired) electrons. The van der Waals surface area contributed by atoms with E-state index in [2.05, 4.69) is 20.4 Å². The van der Waals surface area contributed by atoms with Gasteiger partial charge in [-0.2, -0.15) is 9.78 Å². The molecule has 0 unspecified atom stereocenters. The highest BCUT2D eigenvalue weighted by Crippen LogP contribution is 2.29. The molecule has 1 N–H and O–H groups in total. The number of hydrogen-bond acceptors (Lipinski definition) is 8. The minimum absolute atomic E-state index is 0.160. The van der Waals surface area contributed by atoms with E-state index in [1.807, 2.05) is 25.7 Å². The number of amides is 1. The van der Waals surface area contributed by atoms with Crippen LogP contribution in [0, 0.1) is 10.1 Å². The van der Waals surface area contributed by atoms with Crippen molar-refractivity contribution in [1.82, 2.24) is 19.7 Å². The van der Waals surface area contributed by atoms with Gasteiger partial charge in [-0.15, -0.1) is 0 Å². The molecule has 172 valence electrons. The van der Waals surface area contributed by atoms with Gasteiger partial charge in [0.05, 0.1) is 35.1 Å². The first-order valence-electron chi connectivity index (χ1n) is 10.5. The second kappa shape index (κ2) is 8.94. The predicted octanol–water partition coefficient (Wildman–Crippen LogP) is 2.96. The fourth-order valence-corrected chi connectivity index (χ4v) is 3.47. The molecule has 4 rings (SSSR count). The Balaban J connectivity index is 1.74. The average molecular weight is 451 g/mol. The Morgan fingerprint density at radius 1 is 1.15 bits per heavy atom. The summed E-state index contributed by atoms with van der Waals surface area (Å²) in [4.78, 5) is 34.8. The Labute approximate surface area is 190 Å². The van der Waals surface area contributed by atoms with Gasteiger partial charge >= 0.3 is 0 Å². The lowest BCUT2D eigenvalue weighted by atomic mass is 9.92. The number of benzene rings is 1. The molecule has 1 aromatic carbocycles. The van der Waals surface area contributed by atoms with Crippen molar-refractivity contribution in [2.24, 2.45) is 0 Å². The highest BCUT2D eigenvalue weighted by atomic mass is 16.6. The summed E-state index contributed by atoms with van der Waals surface area (Å²) in [5.41, 5.74) is 1.10. The first kappa shape index (κ1) is 22.3. The van der Waals surface area contributed by atoms with E-state index in [-0.39, 0.29) is 16.7 Å². The molecule has 0 bridgehead atoms. The fraction of sp³-hybridized carbons (Fsp3) is 0.364. The first-order chi connectivity index (χ1) is 15.7. The van der Waals surface area contributed by atoms with Crippen LogP contribution in [0.15, 0.2) is 42.7 Å². The quantitative estimate of drug-likeness (QED) is 0.463. The lowest BCUT2D eigenvalue weighted by molar-refractivity contribution is -0.384. The van der Waals surface area contributed by atoms with E-state index in [9.17, 15) is 14.9 Å². The van der Waals surface area contributed by atoms with E-state index >= 15 is 0 Å². The highest BCUT2D eigenvalue weighted by molar-refractivity contribution is 6.08. The third-order valence-corrected chi connectivity index (χ3v) is 5.25. The third-order valence-electron chi connectivity index (χ3n) is 5.25. The zero-order chi connectivity index (χ0) is 23.6. The van der Waals surface area contributed by atoms with Crippen LogP contribution in [0.1, 0.15) is 36.8 Å². The molecule has 3 heterocycles. The number of nitro groups is 1. The van der Waals surface area contributed by atoms with Crippen LogP contribution >= 0.6 is 0 Å². The van der Waals surface area contributed by atoms with Gasteiger partial charge in [-0.05, 0) is 12.1 Å². The molecule has 2 aromatic heterocycles. The average Bonchev–Trinajstić information content (AvgIpc) is 3.24. The Morgan fingerprint density at radius 2 is 1.85 bits per heavy atom. The van der Waals surface area contributed by atoms with Gasteiger partial charge in [0, 0.05) is 49.1 Å². The summed E-state index contributed by atoms with van der Waals surface area (Å²) in [5.74, 6) is 0.184. The molecular weight excluding hydrogens is 426 g/mol. The van der Waals surface area contributed by atoms with Crippen LogP contribution < -0.4 is 10.2 Å². The first-order valence-corrected chi connectivity index (χ1v) is 10.5. The van der Waals surface area contributed by atoms with Gasteiger partial charge in [0.25, 0.3) is 17.5 Å². The number of nitro benzene ring substituents is 1. The molecule has 33 heavy (non-hydrogen) atoms. The fourth-order valence-electron chi connectivity index (χ4n) is 3.47. The molecule has 1 aliphatic heterocycles. The number of ether oxygens (including phenoxy) is 1. The minimum Gasteiger partial charge on any atom is -0.378 e. The van der Waals surface area contributed by atoms with Crippen molar-refractivity contribution in [3.05, 3.63) is 64.1 Å². The molecule has 11 nitrogen and oxygen atoms in total. The molecule has 0 saturated carbocycles. The number of rotatable bonds is 5. The molecule has 1 amide bonds. The predicted molar refractivity (Wildman–Crippen MR) is 122 cm³/mol. The van der Waals surface area contributed by atoms with E-state index < -0.39 is 10.8 Å². The normalized spacial score (nSPS) is 14.2. The summed E-state index contributed by atoms with van der Waals surface area (Å²) in [6, 6.07) is 7.76. The monoisotopic (exact) mass is 451 g/mol. The molecule has 0 atom stereocenters. The van der Waals surface area contributed by atoms with E-state index in [4.69, 9.17) is 4.74 Å². The van der Waals surface area contributed by atoms with Crippen molar-refractivity contribution in [2.45, 2.75) is 26.2 Å². The second-order valence-electron chi connectivity index (χ2n) is 8.64. The lowest BCUT2D eigenvalue weighted by Gasteiger charge is -2.30. The highest BCUT2D eigenvalue weighted by Gasteiger charge is 2.26. The van der Waals surface area contributed by atoms with Crippen molar-refractivity contribution in [2.75, 3.05) is 36.5 Å². The number of carbonyl (C=O) groups is 1. The summed E-state index contributed by atoms with van der Waals surface area (Å²) in [6.45, 7) is 8.23. The minimum atomic E-state index is -0.514. The summed E-state index contributed by atoms with van der Waals surface area (Å²) in [5, 5.41) is 18.8. The van der Waals surface area contributed by atoms with Gasteiger partial charge in [0.1, 0.15) is 5.82 Å². The Hall–Kier alpha value is -3.86.